The molecule has 0 saturated heterocycles. The van der Waals surface area contributed by atoms with Gasteiger partial charge >= 0.3 is 5.97 Å². The first kappa shape index (κ1) is 22.3. The molecule has 2 atom stereocenters. The van der Waals surface area contributed by atoms with Crippen LogP contribution in [0.15, 0.2) is 89.3 Å². The van der Waals surface area contributed by atoms with E-state index in [1.807, 2.05) is 43.3 Å². The molecular formula is C27H26N2O4. The van der Waals surface area contributed by atoms with Gasteiger partial charge in [0.25, 0.3) is 5.91 Å². The number of fused-ring (bicyclic) bond motifs is 1. The van der Waals surface area contributed by atoms with Crippen LogP contribution in [0.3, 0.4) is 0 Å². The number of benzene rings is 3. The highest BCUT2D eigenvalue weighted by molar-refractivity contribution is 6.02. The Morgan fingerprint density at radius 2 is 1.64 bits per heavy atom. The number of hydrogen-bond acceptors (Lipinski definition) is 4. The summed E-state index contributed by atoms with van der Waals surface area (Å²) in [5.41, 5.74) is 1.75. The van der Waals surface area contributed by atoms with Crippen LogP contribution in [-0.4, -0.2) is 23.0 Å². The lowest BCUT2D eigenvalue weighted by molar-refractivity contribution is -0.142. The van der Waals surface area contributed by atoms with E-state index in [0.29, 0.717) is 18.0 Å². The Morgan fingerprint density at radius 3 is 2.39 bits per heavy atom. The molecular weight excluding hydrogens is 416 g/mol. The van der Waals surface area contributed by atoms with E-state index in [4.69, 9.17) is 4.42 Å². The van der Waals surface area contributed by atoms with Crippen molar-refractivity contribution in [3.63, 3.8) is 0 Å². The lowest BCUT2D eigenvalue weighted by atomic mass is 9.96. The average Bonchev–Trinajstić information content (AvgIpc) is 3.30. The molecule has 4 rings (SSSR count). The number of aliphatic carboxylic acids is 1. The summed E-state index contributed by atoms with van der Waals surface area (Å²) >= 11 is 0. The van der Waals surface area contributed by atoms with Crippen LogP contribution in [-0.2, 0) is 17.8 Å². The molecule has 0 bridgehead atoms. The second kappa shape index (κ2) is 10.1. The molecule has 2 unspecified atom stereocenters. The van der Waals surface area contributed by atoms with Crippen molar-refractivity contribution in [1.29, 1.82) is 0 Å². The number of para-hydroxylation sites is 1. The van der Waals surface area contributed by atoms with Gasteiger partial charge in [0.1, 0.15) is 5.76 Å². The molecule has 4 aromatic rings. The smallest absolute Gasteiger partial charge is 0.308 e. The molecule has 3 aromatic carbocycles. The first-order valence-electron chi connectivity index (χ1n) is 10.9. The number of amides is 1. The van der Waals surface area contributed by atoms with Crippen molar-refractivity contribution in [2.24, 2.45) is 5.92 Å². The van der Waals surface area contributed by atoms with Crippen molar-refractivity contribution >= 4 is 28.3 Å². The molecule has 3 N–H and O–H groups in total. The van der Waals surface area contributed by atoms with E-state index in [2.05, 4.69) is 34.9 Å². The van der Waals surface area contributed by atoms with E-state index in [9.17, 15) is 14.7 Å². The Bertz CT molecular complexity index is 1250. The topological polar surface area (TPSA) is 91.6 Å². The van der Waals surface area contributed by atoms with Gasteiger partial charge in [0.2, 0.25) is 0 Å². The molecule has 0 aliphatic carbocycles. The first-order valence-corrected chi connectivity index (χ1v) is 10.9. The van der Waals surface area contributed by atoms with Crippen molar-refractivity contribution in [2.45, 2.75) is 25.9 Å². The zero-order valence-corrected chi connectivity index (χ0v) is 18.3. The van der Waals surface area contributed by atoms with E-state index in [0.717, 1.165) is 10.9 Å². The molecule has 6 heteroatoms. The zero-order chi connectivity index (χ0) is 23.2. The molecule has 0 radical (unpaired) electrons. The molecule has 0 aliphatic rings. The third-order valence-corrected chi connectivity index (χ3v) is 5.70. The Balaban J connectivity index is 1.37. The maximum Gasteiger partial charge on any atom is 0.308 e. The molecule has 0 saturated carbocycles. The van der Waals surface area contributed by atoms with Gasteiger partial charge in [-0.1, -0.05) is 54.6 Å². The number of furan rings is 1. The van der Waals surface area contributed by atoms with Gasteiger partial charge in [-0.2, -0.15) is 0 Å². The number of anilines is 1. The lowest BCUT2D eigenvalue weighted by Crippen LogP contribution is -2.38. The van der Waals surface area contributed by atoms with Gasteiger partial charge in [-0.05, 0) is 53.6 Å². The van der Waals surface area contributed by atoms with Gasteiger partial charge < -0.3 is 20.2 Å². The minimum atomic E-state index is -0.916. The Kier molecular flexibility index (Phi) is 6.86. The number of carboxylic acids is 1. The second-order valence-corrected chi connectivity index (χ2v) is 8.09. The fraction of sp³-hybridized carbons (Fsp3) is 0.185. The Labute approximate surface area is 192 Å². The molecule has 1 aromatic heterocycles. The Hall–Kier alpha value is -3.90. The SMILES string of the molecule is CC(NCc1ccc2ccccc2c1)C(Cc1ccc(C(=O)Nc2ccccc2)o1)C(=O)O. The van der Waals surface area contributed by atoms with E-state index in [1.54, 1.807) is 24.3 Å². The van der Waals surface area contributed by atoms with Crippen molar-refractivity contribution in [2.75, 3.05) is 5.32 Å². The highest BCUT2D eigenvalue weighted by Crippen LogP contribution is 2.19. The van der Waals surface area contributed by atoms with Gasteiger partial charge in [0.15, 0.2) is 5.76 Å². The molecule has 33 heavy (non-hydrogen) atoms. The van der Waals surface area contributed by atoms with Crippen molar-refractivity contribution in [1.82, 2.24) is 5.32 Å². The molecule has 0 aliphatic heterocycles. The van der Waals surface area contributed by atoms with Crippen molar-refractivity contribution in [3.05, 3.63) is 102 Å². The minimum absolute atomic E-state index is 0.148. The third kappa shape index (κ3) is 5.67. The summed E-state index contributed by atoms with van der Waals surface area (Å²) in [5, 5.41) is 18.2. The number of carbonyl (C=O) groups is 2. The van der Waals surface area contributed by atoms with Crippen LogP contribution in [0.1, 0.15) is 28.8 Å². The second-order valence-electron chi connectivity index (χ2n) is 8.09. The maximum absolute atomic E-state index is 12.4. The fourth-order valence-corrected chi connectivity index (χ4v) is 3.79. The number of hydrogen-bond donors (Lipinski definition) is 3. The molecule has 1 amide bonds. The predicted molar refractivity (Wildman–Crippen MR) is 128 cm³/mol. The third-order valence-electron chi connectivity index (χ3n) is 5.70. The molecule has 0 fully saturated rings. The van der Waals surface area contributed by atoms with Gasteiger partial charge in [0, 0.05) is 24.7 Å². The summed E-state index contributed by atoms with van der Waals surface area (Å²) < 4.78 is 5.66. The summed E-state index contributed by atoms with van der Waals surface area (Å²) in [6.07, 6.45) is 0.180. The first-order chi connectivity index (χ1) is 16.0. The van der Waals surface area contributed by atoms with Crippen molar-refractivity contribution in [3.8, 4) is 0 Å². The van der Waals surface area contributed by atoms with Crippen LogP contribution in [0.5, 0.6) is 0 Å². The summed E-state index contributed by atoms with van der Waals surface area (Å²) in [5.74, 6) is -1.39. The highest BCUT2D eigenvalue weighted by atomic mass is 16.4. The lowest BCUT2D eigenvalue weighted by Gasteiger charge is -2.21. The molecule has 1 heterocycles. The predicted octanol–water partition coefficient (Wildman–Crippen LogP) is 5.11. The quantitative estimate of drug-likeness (QED) is 0.335. The van der Waals surface area contributed by atoms with Gasteiger partial charge in [-0.15, -0.1) is 0 Å². The van der Waals surface area contributed by atoms with E-state index in [1.165, 1.54) is 5.39 Å². The molecule has 6 nitrogen and oxygen atoms in total. The standard InChI is InChI=1S/C27H26N2O4/c1-18(28-17-19-11-12-20-7-5-6-8-21(20)15-19)24(27(31)32)16-23-13-14-25(33-23)26(30)29-22-9-3-2-4-10-22/h2-15,18,24,28H,16-17H2,1H3,(H,29,30)(H,31,32). The summed E-state index contributed by atoms with van der Waals surface area (Å²) in [6.45, 7) is 2.41. The zero-order valence-electron chi connectivity index (χ0n) is 18.3. The molecule has 168 valence electrons. The maximum atomic E-state index is 12.4. The minimum Gasteiger partial charge on any atom is -0.481 e. The largest absolute Gasteiger partial charge is 0.481 e. The van der Waals surface area contributed by atoms with E-state index < -0.39 is 11.9 Å². The summed E-state index contributed by atoms with van der Waals surface area (Å²) in [7, 11) is 0. The van der Waals surface area contributed by atoms with E-state index in [-0.39, 0.29) is 24.1 Å². The monoisotopic (exact) mass is 442 g/mol. The normalized spacial score (nSPS) is 12.9. The number of rotatable bonds is 9. The van der Waals surface area contributed by atoms with Gasteiger partial charge in [0.05, 0.1) is 5.92 Å². The van der Waals surface area contributed by atoms with Crippen LogP contribution in [0.4, 0.5) is 5.69 Å². The van der Waals surface area contributed by atoms with Crippen LogP contribution >= 0.6 is 0 Å². The average molecular weight is 443 g/mol. The van der Waals surface area contributed by atoms with Crippen molar-refractivity contribution < 1.29 is 19.1 Å². The fourth-order valence-electron chi connectivity index (χ4n) is 3.79. The van der Waals surface area contributed by atoms with Crippen LogP contribution in [0.2, 0.25) is 0 Å². The van der Waals surface area contributed by atoms with E-state index >= 15 is 0 Å². The van der Waals surface area contributed by atoms with Gasteiger partial charge in [-0.3, -0.25) is 9.59 Å². The number of nitrogens with one attached hydrogen (secondary N) is 2. The highest BCUT2D eigenvalue weighted by Gasteiger charge is 2.26. The van der Waals surface area contributed by atoms with Crippen LogP contribution in [0.25, 0.3) is 10.8 Å². The van der Waals surface area contributed by atoms with Crippen LogP contribution < -0.4 is 10.6 Å². The number of carbonyl (C=O) groups excluding carboxylic acids is 1. The summed E-state index contributed by atoms with van der Waals surface area (Å²) in [4.78, 5) is 24.4. The Morgan fingerprint density at radius 1 is 0.909 bits per heavy atom. The van der Waals surface area contributed by atoms with Crippen LogP contribution in [0, 0.1) is 5.92 Å². The molecule has 0 spiro atoms. The summed E-state index contributed by atoms with van der Waals surface area (Å²) in [6, 6.07) is 26.3. The number of carboxylic acid groups (broad SMARTS) is 1. The van der Waals surface area contributed by atoms with Gasteiger partial charge in [-0.25, -0.2) is 0 Å².